The van der Waals surface area contributed by atoms with E-state index in [9.17, 15) is 4.79 Å². The van der Waals surface area contributed by atoms with Gasteiger partial charge in [-0.1, -0.05) is 30.7 Å². The topological polar surface area (TPSA) is 38.3 Å². The highest BCUT2D eigenvalue weighted by molar-refractivity contribution is 5.68. The van der Waals surface area contributed by atoms with Crippen molar-refractivity contribution in [3.63, 3.8) is 0 Å². The molecule has 16 heavy (non-hydrogen) atoms. The summed E-state index contributed by atoms with van der Waals surface area (Å²) in [5, 5.41) is 2.90. The first kappa shape index (κ1) is 11.0. The van der Waals surface area contributed by atoms with Crippen molar-refractivity contribution in [2.75, 3.05) is 7.11 Å². The van der Waals surface area contributed by atoms with Crippen LogP contribution in [0.3, 0.4) is 0 Å². The van der Waals surface area contributed by atoms with Crippen LogP contribution >= 0.6 is 0 Å². The van der Waals surface area contributed by atoms with E-state index in [-0.39, 0.29) is 12.1 Å². The Morgan fingerprint density at radius 1 is 1.50 bits per heavy atom. The average molecular weight is 219 g/mol. The first-order valence-electron chi connectivity index (χ1n) is 5.55. The lowest BCUT2D eigenvalue weighted by molar-refractivity contribution is 0.163. The Kier molecular flexibility index (Phi) is 2.86. The number of hydrogen-bond acceptors (Lipinski definition) is 2. The Hall–Kier alpha value is -1.51. The molecule has 0 bridgehead atoms. The summed E-state index contributed by atoms with van der Waals surface area (Å²) in [6.45, 7) is 4.22. The summed E-state index contributed by atoms with van der Waals surface area (Å²) in [7, 11) is 1.39. The zero-order valence-electron chi connectivity index (χ0n) is 9.91. The van der Waals surface area contributed by atoms with Gasteiger partial charge < -0.3 is 10.1 Å². The van der Waals surface area contributed by atoms with Crippen LogP contribution in [-0.4, -0.2) is 13.2 Å². The second kappa shape index (κ2) is 4.16. The summed E-state index contributed by atoms with van der Waals surface area (Å²) in [4.78, 5) is 11.3. The maximum Gasteiger partial charge on any atom is 0.407 e. The monoisotopic (exact) mass is 219 g/mol. The number of hydrogen-bond donors (Lipinski definition) is 1. The molecular weight excluding hydrogens is 202 g/mol. The molecule has 2 atom stereocenters. The Bertz CT molecular complexity index is 414. The molecule has 0 fully saturated rings. The third-order valence-electron chi connectivity index (χ3n) is 3.21. The van der Waals surface area contributed by atoms with E-state index in [1.807, 2.05) is 0 Å². The summed E-state index contributed by atoms with van der Waals surface area (Å²) in [5.41, 5.74) is 3.79. The van der Waals surface area contributed by atoms with Gasteiger partial charge >= 0.3 is 6.09 Å². The van der Waals surface area contributed by atoms with Gasteiger partial charge in [-0.05, 0) is 30.4 Å². The van der Waals surface area contributed by atoms with Crippen molar-refractivity contribution in [2.45, 2.75) is 26.3 Å². The smallest absolute Gasteiger partial charge is 0.407 e. The molecule has 1 aliphatic carbocycles. The molecule has 0 unspecified atom stereocenters. The van der Waals surface area contributed by atoms with Gasteiger partial charge in [0, 0.05) is 0 Å². The number of carbonyl (C=O) groups is 1. The van der Waals surface area contributed by atoms with E-state index < -0.39 is 0 Å². The van der Waals surface area contributed by atoms with Gasteiger partial charge in [0.1, 0.15) is 0 Å². The van der Waals surface area contributed by atoms with E-state index in [0.29, 0.717) is 5.92 Å². The van der Waals surface area contributed by atoms with Crippen molar-refractivity contribution in [2.24, 2.45) is 5.92 Å². The van der Waals surface area contributed by atoms with E-state index in [1.165, 1.54) is 23.8 Å². The fourth-order valence-electron chi connectivity index (χ4n) is 2.37. The summed E-state index contributed by atoms with van der Waals surface area (Å²) in [6, 6.07) is 6.51. The highest BCUT2D eigenvalue weighted by Gasteiger charge is 2.30. The molecule has 1 aromatic carbocycles. The zero-order valence-corrected chi connectivity index (χ0v) is 9.91. The molecule has 2 rings (SSSR count). The number of ether oxygens (including phenoxy) is 1. The van der Waals surface area contributed by atoms with Crippen LogP contribution in [0, 0.1) is 12.8 Å². The molecule has 0 aliphatic heterocycles. The van der Waals surface area contributed by atoms with Gasteiger partial charge in [0.2, 0.25) is 0 Å². The molecule has 3 heteroatoms. The van der Waals surface area contributed by atoms with Gasteiger partial charge in [-0.2, -0.15) is 0 Å². The molecular formula is C13H17NO2. The van der Waals surface area contributed by atoms with Crippen molar-refractivity contribution >= 4 is 6.09 Å². The molecule has 0 saturated carbocycles. The molecule has 86 valence electrons. The van der Waals surface area contributed by atoms with Crippen molar-refractivity contribution in [1.82, 2.24) is 5.32 Å². The van der Waals surface area contributed by atoms with Gasteiger partial charge in [0.25, 0.3) is 0 Å². The highest BCUT2D eigenvalue weighted by atomic mass is 16.5. The molecule has 1 aromatic rings. The lowest BCUT2D eigenvalue weighted by Crippen LogP contribution is -2.30. The number of benzene rings is 1. The summed E-state index contributed by atoms with van der Waals surface area (Å²) in [6.07, 6.45) is 0.663. The first-order chi connectivity index (χ1) is 7.61. The van der Waals surface area contributed by atoms with Crippen molar-refractivity contribution in [1.29, 1.82) is 0 Å². The fraction of sp³-hybridized carbons (Fsp3) is 0.462. The maximum absolute atomic E-state index is 11.3. The van der Waals surface area contributed by atoms with Crippen molar-refractivity contribution in [3.8, 4) is 0 Å². The van der Waals surface area contributed by atoms with Gasteiger partial charge in [-0.25, -0.2) is 4.79 Å². The number of alkyl carbamates (subject to hydrolysis) is 1. The fourth-order valence-corrected chi connectivity index (χ4v) is 2.37. The highest BCUT2D eigenvalue weighted by Crippen LogP contribution is 2.36. The van der Waals surface area contributed by atoms with E-state index in [0.717, 1.165) is 6.42 Å². The molecule has 1 amide bonds. The lowest BCUT2D eigenvalue weighted by Gasteiger charge is -2.17. The van der Waals surface area contributed by atoms with Crippen molar-refractivity contribution < 1.29 is 9.53 Å². The van der Waals surface area contributed by atoms with Gasteiger partial charge in [0.05, 0.1) is 13.2 Å². The van der Waals surface area contributed by atoms with Gasteiger partial charge in [-0.3, -0.25) is 0 Å². The average Bonchev–Trinajstić information content (AvgIpc) is 2.55. The van der Waals surface area contributed by atoms with Crippen LogP contribution in [0.1, 0.15) is 29.7 Å². The molecule has 0 aromatic heterocycles. The standard InChI is InChI=1S/C13H17NO2/c1-8-4-5-10-7-9(2)12(11(10)6-8)14-13(15)16-3/h4-6,9,12H,7H2,1-3H3,(H,14,15)/t9-,12-/m0/s1. The predicted octanol–water partition coefficient (Wildman–Crippen LogP) is 2.58. The largest absolute Gasteiger partial charge is 0.453 e. The van der Waals surface area contributed by atoms with Gasteiger partial charge in [0.15, 0.2) is 0 Å². The van der Waals surface area contributed by atoms with Crippen molar-refractivity contribution in [3.05, 3.63) is 34.9 Å². The Balaban J connectivity index is 2.27. The quantitative estimate of drug-likeness (QED) is 0.788. The molecule has 3 nitrogen and oxygen atoms in total. The third kappa shape index (κ3) is 1.90. The normalized spacial score (nSPS) is 22.7. The van der Waals surface area contributed by atoms with E-state index in [2.05, 4.69) is 42.1 Å². The Morgan fingerprint density at radius 2 is 2.25 bits per heavy atom. The Labute approximate surface area is 95.8 Å². The number of aryl methyl sites for hydroxylation is 1. The summed E-state index contributed by atoms with van der Waals surface area (Å²) in [5.74, 6) is 0.427. The lowest BCUT2D eigenvalue weighted by atomic mass is 10.0. The summed E-state index contributed by atoms with van der Waals surface area (Å²) >= 11 is 0. The molecule has 0 radical (unpaired) electrons. The first-order valence-corrected chi connectivity index (χ1v) is 5.55. The summed E-state index contributed by atoms with van der Waals surface area (Å²) < 4.78 is 4.66. The van der Waals surface area contributed by atoms with Crippen LogP contribution in [-0.2, 0) is 11.2 Å². The Morgan fingerprint density at radius 3 is 2.94 bits per heavy atom. The second-order valence-electron chi connectivity index (χ2n) is 4.50. The molecule has 0 spiro atoms. The van der Waals surface area contributed by atoms with Crippen LogP contribution in [0.2, 0.25) is 0 Å². The minimum absolute atomic E-state index is 0.0855. The van der Waals surface area contributed by atoms with E-state index in [4.69, 9.17) is 0 Å². The number of amides is 1. The zero-order chi connectivity index (χ0) is 11.7. The maximum atomic E-state index is 11.3. The number of nitrogens with one attached hydrogen (secondary N) is 1. The minimum Gasteiger partial charge on any atom is -0.453 e. The van der Waals surface area contributed by atoms with Crippen LogP contribution in [0.5, 0.6) is 0 Å². The third-order valence-corrected chi connectivity index (χ3v) is 3.21. The van der Waals surface area contributed by atoms with Crippen LogP contribution in [0.15, 0.2) is 18.2 Å². The number of rotatable bonds is 1. The second-order valence-corrected chi connectivity index (χ2v) is 4.50. The number of carbonyl (C=O) groups excluding carboxylic acids is 1. The SMILES string of the molecule is COC(=O)N[C@@H]1c2cc(C)ccc2C[C@@H]1C. The van der Waals surface area contributed by atoms with Crippen LogP contribution in [0.4, 0.5) is 4.79 Å². The minimum atomic E-state index is -0.355. The number of fused-ring (bicyclic) bond motifs is 1. The number of methoxy groups -OCH3 is 1. The van der Waals surface area contributed by atoms with E-state index >= 15 is 0 Å². The van der Waals surface area contributed by atoms with Crippen LogP contribution in [0.25, 0.3) is 0 Å². The van der Waals surface area contributed by atoms with E-state index in [1.54, 1.807) is 0 Å². The predicted molar refractivity (Wildman–Crippen MR) is 62.3 cm³/mol. The molecule has 0 heterocycles. The molecule has 1 N–H and O–H groups in total. The molecule has 0 saturated heterocycles. The molecule has 1 aliphatic rings. The van der Waals surface area contributed by atoms with Crippen LogP contribution < -0.4 is 5.32 Å². The van der Waals surface area contributed by atoms with Gasteiger partial charge in [-0.15, -0.1) is 0 Å².